The Morgan fingerprint density at radius 1 is 1.33 bits per heavy atom. The van der Waals surface area contributed by atoms with Crippen LogP contribution in [-0.4, -0.2) is 6.04 Å². The maximum Gasteiger partial charge on any atom is 0.0578 e. The van der Waals surface area contributed by atoms with E-state index in [4.69, 9.17) is 5.73 Å². The van der Waals surface area contributed by atoms with Crippen LogP contribution in [0.3, 0.4) is 0 Å². The summed E-state index contributed by atoms with van der Waals surface area (Å²) in [6, 6.07) is 6.61. The molecule has 2 nitrogen and oxygen atoms in total. The third-order valence-electron chi connectivity index (χ3n) is 2.79. The van der Waals surface area contributed by atoms with Crippen molar-refractivity contribution in [3.8, 4) is 0 Å². The van der Waals surface area contributed by atoms with Crippen molar-refractivity contribution >= 4 is 11.4 Å². The van der Waals surface area contributed by atoms with Crippen LogP contribution in [0.5, 0.6) is 0 Å². The van der Waals surface area contributed by atoms with Gasteiger partial charge in [0.25, 0.3) is 0 Å². The first-order valence-corrected chi connectivity index (χ1v) is 5.67. The molecule has 0 spiro atoms. The highest BCUT2D eigenvalue weighted by Gasteiger charge is 2.11. The number of hydrogen-bond donors (Lipinski definition) is 2. The average molecular weight is 206 g/mol. The van der Waals surface area contributed by atoms with E-state index in [9.17, 15) is 0 Å². The predicted molar refractivity (Wildman–Crippen MR) is 68.1 cm³/mol. The predicted octanol–water partition coefficient (Wildman–Crippen LogP) is 3.42. The highest BCUT2D eigenvalue weighted by molar-refractivity contribution is 5.67. The standard InChI is InChI=1S/C13H22N2/c1-5-12(9(2)3)15-13-8-10(4)6-7-11(13)14/h6-9,12,15H,5,14H2,1-4H3. The molecule has 3 N–H and O–H groups in total. The number of hydrogen-bond acceptors (Lipinski definition) is 2. The molecular formula is C13H22N2. The largest absolute Gasteiger partial charge is 0.397 e. The molecule has 0 aliphatic heterocycles. The van der Waals surface area contributed by atoms with Gasteiger partial charge >= 0.3 is 0 Å². The first kappa shape index (κ1) is 11.9. The molecule has 0 aliphatic carbocycles. The van der Waals surface area contributed by atoms with E-state index in [0.717, 1.165) is 17.8 Å². The van der Waals surface area contributed by atoms with Crippen molar-refractivity contribution < 1.29 is 0 Å². The molecule has 1 aromatic carbocycles. The van der Waals surface area contributed by atoms with Gasteiger partial charge < -0.3 is 11.1 Å². The van der Waals surface area contributed by atoms with E-state index < -0.39 is 0 Å². The van der Waals surface area contributed by atoms with Crippen molar-refractivity contribution in [1.82, 2.24) is 0 Å². The van der Waals surface area contributed by atoms with Gasteiger partial charge in [0.2, 0.25) is 0 Å². The zero-order valence-corrected chi connectivity index (χ0v) is 10.2. The molecule has 0 saturated heterocycles. The number of aryl methyl sites for hydroxylation is 1. The Morgan fingerprint density at radius 2 is 2.00 bits per heavy atom. The van der Waals surface area contributed by atoms with Crippen molar-refractivity contribution in [2.24, 2.45) is 5.92 Å². The summed E-state index contributed by atoms with van der Waals surface area (Å²) in [4.78, 5) is 0. The van der Waals surface area contributed by atoms with Crippen LogP contribution < -0.4 is 11.1 Å². The Morgan fingerprint density at radius 3 is 2.53 bits per heavy atom. The minimum Gasteiger partial charge on any atom is -0.397 e. The fraction of sp³-hybridized carbons (Fsp3) is 0.538. The minimum absolute atomic E-state index is 0.495. The lowest BCUT2D eigenvalue weighted by Gasteiger charge is -2.23. The van der Waals surface area contributed by atoms with Crippen molar-refractivity contribution in [1.29, 1.82) is 0 Å². The van der Waals surface area contributed by atoms with E-state index in [1.54, 1.807) is 0 Å². The molecule has 1 unspecified atom stereocenters. The monoisotopic (exact) mass is 206 g/mol. The highest BCUT2D eigenvalue weighted by atomic mass is 14.9. The summed E-state index contributed by atoms with van der Waals surface area (Å²) in [5, 5.41) is 3.51. The summed E-state index contributed by atoms with van der Waals surface area (Å²) in [5.74, 6) is 0.620. The summed E-state index contributed by atoms with van der Waals surface area (Å²) in [5.41, 5.74) is 9.07. The second-order valence-electron chi connectivity index (χ2n) is 4.49. The maximum absolute atomic E-state index is 5.93. The minimum atomic E-state index is 0.495. The molecule has 0 amide bonds. The molecule has 2 heteroatoms. The number of benzene rings is 1. The molecule has 1 aromatic rings. The lowest BCUT2D eigenvalue weighted by atomic mass is 10.0. The summed E-state index contributed by atoms with van der Waals surface area (Å²) >= 11 is 0. The SMILES string of the molecule is CCC(Nc1cc(C)ccc1N)C(C)C. The second-order valence-corrected chi connectivity index (χ2v) is 4.49. The molecule has 0 heterocycles. The van der Waals surface area contributed by atoms with Gasteiger partial charge in [-0.25, -0.2) is 0 Å². The van der Waals surface area contributed by atoms with E-state index in [1.807, 2.05) is 12.1 Å². The van der Waals surface area contributed by atoms with Crippen LogP contribution in [0.15, 0.2) is 18.2 Å². The van der Waals surface area contributed by atoms with Gasteiger partial charge in [0.1, 0.15) is 0 Å². The van der Waals surface area contributed by atoms with E-state index in [2.05, 4.69) is 39.1 Å². The zero-order chi connectivity index (χ0) is 11.4. The number of anilines is 2. The van der Waals surface area contributed by atoms with Gasteiger partial charge in [0, 0.05) is 6.04 Å². The Balaban J connectivity index is 2.82. The van der Waals surface area contributed by atoms with Crippen LogP contribution in [0.25, 0.3) is 0 Å². The Kier molecular flexibility index (Phi) is 4.01. The molecule has 1 atom stereocenters. The Hall–Kier alpha value is -1.18. The van der Waals surface area contributed by atoms with Gasteiger partial charge in [-0.15, -0.1) is 0 Å². The first-order chi connectivity index (χ1) is 7.04. The van der Waals surface area contributed by atoms with Gasteiger partial charge in [-0.2, -0.15) is 0 Å². The van der Waals surface area contributed by atoms with Crippen LogP contribution >= 0.6 is 0 Å². The average Bonchev–Trinajstić information content (AvgIpc) is 2.18. The van der Waals surface area contributed by atoms with Crippen LogP contribution in [0.1, 0.15) is 32.8 Å². The number of rotatable bonds is 4. The fourth-order valence-corrected chi connectivity index (χ4v) is 1.73. The third kappa shape index (κ3) is 3.15. The Labute approximate surface area is 92.9 Å². The van der Waals surface area contributed by atoms with Crippen LogP contribution in [0.2, 0.25) is 0 Å². The van der Waals surface area contributed by atoms with Crippen molar-refractivity contribution in [3.05, 3.63) is 23.8 Å². The zero-order valence-electron chi connectivity index (χ0n) is 10.2. The van der Waals surface area contributed by atoms with Crippen LogP contribution in [0, 0.1) is 12.8 Å². The van der Waals surface area contributed by atoms with Gasteiger partial charge in [-0.05, 0) is 37.0 Å². The fourth-order valence-electron chi connectivity index (χ4n) is 1.73. The molecule has 1 rings (SSSR count). The molecule has 0 bridgehead atoms. The second kappa shape index (κ2) is 5.06. The van der Waals surface area contributed by atoms with E-state index in [0.29, 0.717) is 12.0 Å². The van der Waals surface area contributed by atoms with Crippen LogP contribution in [-0.2, 0) is 0 Å². The normalized spacial score (nSPS) is 12.9. The number of nitrogens with one attached hydrogen (secondary N) is 1. The quantitative estimate of drug-likeness (QED) is 0.741. The van der Waals surface area contributed by atoms with Crippen molar-refractivity contribution in [2.75, 3.05) is 11.1 Å². The topological polar surface area (TPSA) is 38.0 Å². The molecule has 0 aromatic heterocycles. The Bertz CT molecular complexity index is 318. The number of nitrogen functional groups attached to an aromatic ring is 1. The summed E-state index contributed by atoms with van der Waals surface area (Å²) in [6.45, 7) is 8.74. The van der Waals surface area contributed by atoms with E-state index in [-0.39, 0.29) is 0 Å². The van der Waals surface area contributed by atoms with E-state index >= 15 is 0 Å². The summed E-state index contributed by atoms with van der Waals surface area (Å²) in [6.07, 6.45) is 1.12. The molecular weight excluding hydrogens is 184 g/mol. The van der Waals surface area contributed by atoms with Gasteiger partial charge in [-0.1, -0.05) is 26.8 Å². The first-order valence-electron chi connectivity index (χ1n) is 5.67. The third-order valence-corrected chi connectivity index (χ3v) is 2.79. The van der Waals surface area contributed by atoms with Gasteiger partial charge in [0.05, 0.1) is 11.4 Å². The van der Waals surface area contributed by atoms with Crippen LogP contribution in [0.4, 0.5) is 11.4 Å². The molecule has 0 saturated carbocycles. The molecule has 15 heavy (non-hydrogen) atoms. The van der Waals surface area contributed by atoms with E-state index in [1.165, 1.54) is 5.56 Å². The van der Waals surface area contributed by atoms with Gasteiger partial charge in [-0.3, -0.25) is 0 Å². The molecule has 0 fully saturated rings. The molecule has 0 aliphatic rings. The maximum atomic E-state index is 5.93. The highest BCUT2D eigenvalue weighted by Crippen LogP contribution is 2.22. The lowest BCUT2D eigenvalue weighted by Crippen LogP contribution is -2.25. The smallest absolute Gasteiger partial charge is 0.0578 e. The van der Waals surface area contributed by atoms with Crippen molar-refractivity contribution in [2.45, 2.75) is 40.2 Å². The number of nitrogens with two attached hydrogens (primary N) is 1. The van der Waals surface area contributed by atoms with Crippen molar-refractivity contribution in [3.63, 3.8) is 0 Å². The lowest BCUT2D eigenvalue weighted by molar-refractivity contribution is 0.511. The molecule has 84 valence electrons. The summed E-state index contributed by atoms with van der Waals surface area (Å²) < 4.78 is 0. The summed E-state index contributed by atoms with van der Waals surface area (Å²) in [7, 11) is 0. The van der Waals surface area contributed by atoms with Gasteiger partial charge in [0.15, 0.2) is 0 Å². The molecule has 0 radical (unpaired) electrons.